The van der Waals surface area contributed by atoms with E-state index in [1.807, 2.05) is 6.07 Å². The largest absolute Gasteiger partial charge is 0.495 e. The van der Waals surface area contributed by atoms with Crippen LogP contribution in [0.5, 0.6) is 5.75 Å². The van der Waals surface area contributed by atoms with Crippen LogP contribution in [-0.2, 0) is 4.84 Å². The Morgan fingerprint density at radius 2 is 2.12 bits per heavy atom. The fraction of sp³-hybridized carbons (Fsp3) is 0.273. The van der Waals surface area contributed by atoms with Crippen molar-refractivity contribution in [3.8, 4) is 11.8 Å². The topological polar surface area (TPSA) is 62.6 Å². The number of benzene rings is 1. The monoisotopic (exact) mass is 220 g/mol. The van der Waals surface area contributed by atoms with Crippen molar-refractivity contribution >= 4 is 5.91 Å². The molecule has 0 aliphatic heterocycles. The first kappa shape index (κ1) is 12.0. The number of nitrogens with zero attached hydrogens (tertiary/aromatic N) is 2. The van der Waals surface area contributed by atoms with E-state index < -0.39 is 5.91 Å². The summed E-state index contributed by atoms with van der Waals surface area (Å²) in [4.78, 5) is 16.6. The number of rotatable bonds is 3. The van der Waals surface area contributed by atoms with Gasteiger partial charge in [-0.25, -0.2) is 5.06 Å². The molecule has 16 heavy (non-hydrogen) atoms. The molecule has 0 atom stereocenters. The molecule has 0 unspecified atom stereocenters. The maximum Gasteiger partial charge on any atom is 0.278 e. The second-order valence-electron chi connectivity index (χ2n) is 2.98. The third kappa shape index (κ3) is 2.12. The van der Waals surface area contributed by atoms with Crippen LogP contribution in [0.1, 0.15) is 15.9 Å². The normalized spacial score (nSPS) is 9.38. The second-order valence-corrected chi connectivity index (χ2v) is 2.98. The molecule has 5 heteroatoms. The number of carbonyl (C=O) groups excluding carboxylic acids is 1. The van der Waals surface area contributed by atoms with Crippen LogP contribution in [0.3, 0.4) is 0 Å². The van der Waals surface area contributed by atoms with Crippen molar-refractivity contribution in [2.75, 3.05) is 21.3 Å². The molecule has 1 amide bonds. The third-order valence-corrected chi connectivity index (χ3v) is 2.15. The lowest BCUT2D eigenvalue weighted by Gasteiger charge is -2.15. The van der Waals surface area contributed by atoms with Crippen LogP contribution in [0, 0.1) is 11.3 Å². The standard InChI is InChI=1S/C11H12N2O3/c1-13(16-3)11(14)8-5-4-6-10(15-2)9(8)7-12/h4-6H,1-3H3. The van der Waals surface area contributed by atoms with Gasteiger partial charge in [-0.1, -0.05) is 6.07 Å². The van der Waals surface area contributed by atoms with Crippen molar-refractivity contribution in [1.82, 2.24) is 5.06 Å². The van der Waals surface area contributed by atoms with Gasteiger partial charge in [0, 0.05) is 7.05 Å². The molecular formula is C11H12N2O3. The molecule has 0 N–H and O–H groups in total. The van der Waals surface area contributed by atoms with Crippen LogP contribution in [0.25, 0.3) is 0 Å². The SMILES string of the molecule is COc1cccc(C(=O)N(C)OC)c1C#N. The minimum absolute atomic E-state index is 0.207. The van der Waals surface area contributed by atoms with Gasteiger partial charge < -0.3 is 4.74 Å². The van der Waals surface area contributed by atoms with E-state index in [0.29, 0.717) is 5.75 Å². The smallest absolute Gasteiger partial charge is 0.278 e. The molecule has 0 spiro atoms. The van der Waals surface area contributed by atoms with Gasteiger partial charge in [0.25, 0.3) is 5.91 Å². The zero-order valence-corrected chi connectivity index (χ0v) is 9.35. The summed E-state index contributed by atoms with van der Waals surface area (Å²) in [5, 5.41) is 10.0. The highest BCUT2D eigenvalue weighted by atomic mass is 16.7. The van der Waals surface area contributed by atoms with Gasteiger partial charge in [-0.15, -0.1) is 0 Å². The van der Waals surface area contributed by atoms with Gasteiger partial charge in [-0.3, -0.25) is 9.63 Å². The van der Waals surface area contributed by atoms with Crippen molar-refractivity contribution in [3.63, 3.8) is 0 Å². The van der Waals surface area contributed by atoms with Crippen molar-refractivity contribution in [2.24, 2.45) is 0 Å². The lowest BCUT2D eigenvalue weighted by molar-refractivity contribution is -0.0757. The Hall–Kier alpha value is -2.06. The van der Waals surface area contributed by atoms with Gasteiger partial charge in [-0.05, 0) is 12.1 Å². The molecule has 84 valence electrons. The van der Waals surface area contributed by atoms with Gasteiger partial charge >= 0.3 is 0 Å². The quantitative estimate of drug-likeness (QED) is 0.718. The number of carbonyl (C=O) groups is 1. The molecule has 5 nitrogen and oxygen atoms in total. The fourth-order valence-corrected chi connectivity index (χ4v) is 1.25. The summed E-state index contributed by atoms with van der Waals surface area (Å²) in [5.74, 6) is -0.0178. The van der Waals surface area contributed by atoms with Crippen molar-refractivity contribution in [1.29, 1.82) is 5.26 Å². The molecule has 1 aromatic carbocycles. The number of hydroxylamine groups is 2. The average molecular weight is 220 g/mol. The number of nitriles is 1. The van der Waals surface area contributed by atoms with Crippen LogP contribution >= 0.6 is 0 Å². The molecule has 0 saturated carbocycles. The summed E-state index contributed by atoms with van der Waals surface area (Å²) in [6.07, 6.45) is 0. The lowest BCUT2D eigenvalue weighted by atomic mass is 10.1. The minimum Gasteiger partial charge on any atom is -0.495 e. The van der Waals surface area contributed by atoms with Gasteiger partial charge in [-0.2, -0.15) is 5.26 Å². The summed E-state index contributed by atoms with van der Waals surface area (Å²) in [6, 6.07) is 6.78. The summed E-state index contributed by atoms with van der Waals surface area (Å²) >= 11 is 0. The summed E-state index contributed by atoms with van der Waals surface area (Å²) in [7, 11) is 4.30. The van der Waals surface area contributed by atoms with E-state index in [4.69, 9.17) is 14.8 Å². The summed E-state index contributed by atoms with van der Waals surface area (Å²) in [6.45, 7) is 0. The Bertz CT molecular complexity index is 437. The molecule has 1 rings (SSSR count). The zero-order valence-electron chi connectivity index (χ0n) is 9.35. The summed E-state index contributed by atoms with van der Waals surface area (Å²) in [5.41, 5.74) is 0.463. The predicted molar refractivity (Wildman–Crippen MR) is 56.8 cm³/mol. The van der Waals surface area contributed by atoms with Gasteiger partial charge in [0.2, 0.25) is 0 Å². The molecular weight excluding hydrogens is 208 g/mol. The number of amides is 1. The van der Waals surface area contributed by atoms with E-state index >= 15 is 0 Å². The molecule has 0 radical (unpaired) electrons. The molecule has 0 aliphatic carbocycles. The fourth-order valence-electron chi connectivity index (χ4n) is 1.25. The van der Waals surface area contributed by atoms with Crippen LogP contribution in [0.15, 0.2) is 18.2 Å². The Balaban J connectivity index is 3.24. The number of hydrogen-bond donors (Lipinski definition) is 0. The average Bonchev–Trinajstić information content (AvgIpc) is 2.35. The highest BCUT2D eigenvalue weighted by molar-refractivity contribution is 5.96. The summed E-state index contributed by atoms with van der Waals surface area (Å²) < 4.78 is 5.01. The van der Waals surface area contributed by atoms with E-state index in [2.05, 4.69) is 0 Å². The van der Waals surface area contributed by atoms with Crippen LogP contribution in [0.2, 0.25) is 0 Å². The second kappa shape index (κ2) is 5.14. The van der Waals surface area contributed by atoms with E-state index in [-0.39, 0.29) is 11.1 Å². The Morgan fingerprint density at radius 3 is 2.62 bits per heavy atom. The van der Waals surface area contributed by atoms with Gasteiger partial charge in [0.1, 0.15) is 17.4 Å². The molecule has 0 aliphatic rings. The Morgan fingerprint density at radius 1 is 1.44 bits per heavy atom. The van der Waals surface area contributed by atoms with Crippen LogP contribution in [0.4, 0.5) is 0 Å². The van der Waals surface area contributed by atoms with Crippen LogP contribution in [-0.4, -0.2) is 32.2 Å². The Kier molecular flexibility index (Phi) is 3.86. The van der Waals surface area contributed by atoms with E-state index in [1.54, 1.807) is 18.2 Å². The van der Waals surface area contributed by atoms with Crippen molar-refractivity contribution in [3.05, 3.63) is 29.3 Å². The van der Waals surface area contributed by atoms with Crippen molar-refractivity contribution < 1.29 is 14.4 Å². The first-order valence-electron chi connectivity index (χ1n) is 4.55. The minimum atomic E-state index is -0.391. The third-order valence-electron chi connectivity index (χ3n) is 2.15. The van der Waals surface area contributed by atoms with Gasteiger partial charge in [0.05, 0.1) is 19.8 Å². The Labute approximate surface area is 93.8 Å². The molecule has 0 heterocycles. The first-order chi connectivity index (χ1) is 7.65. The van der Waals surface area contributed by atoms with E-state index in [1.165, 1.54) is 21.3 Å². The maximum absolute atomic E-state index is 11.8. The molecule has 0 bridgehead atoms. The zero-order chi connectivity index (χ0) is 12.1. The number of hydrogen-bond acceptors (Lipinski definition) is 4. The highest BCUT2D eigenvalue weighted by Crippen LogP contribution is 2.22. The molecule has 1 aromatic rings. The van der Waals surface area contributed by atoms with Crippen LogP contribution < -0.4 is 4.74 Å². The maximum atomic E-state index is 11.8. The molecule has 0 fully saturated rings. The van der Waals surface area contributed by atoms with E-state index in [9.17, 15) is 4.79 Å². The predicted octanol–water partition coefficient (Wildman–Crippen LogP) is 1.20. The number of ether oxygens (including phenoxy) is 1. The van der Waals surface area contributed by atoms with Crippen molar-refractivity contribution in [2.45, 2.75) is 0 Å². The highest BCUT2D eigenvalue weighted by Gasteiger charge is 2.18. The lowest BCUT2D eigenvalue weighted by Crippen LogP contribution is -2.26. The first-order valence-corrected chi connectivity index (χ1v) is 4.55. The van der Waals surface area contributed by atoms with E-state index in [0.717, 1.165) is 5.06 Å². The number of methoxy groups -OCH3 is 1. The van der Waals surface area contributed by atoms with Gasteiger partial charge in [0.15, 0.2) is 0 Å². The molecule has 0 saturated heterocycles. The molecule has 0 aromatic heterocycles.